The molecule has 0 heterocycles. The summed E-state index contributed by atoms with van der Waals surface area (Å²) in [6.45, 7) is 1.57. The third-order valence-corrected chi connectivity index (χ3v) is 3.34. The van der Waals surface area contributed by atoms with Crippen LogP contribution in [0, 0.1) is 6.92 Å². The van der Waals surface area contributed by atoms with E-state index in [-0.39, 0.29) is 19.1 Å². The Morgan fingerprint density at radius 3 is 2.54 bits per heavy atom. The minimum Gasteiger partial charge on any atom is -0.484 e. The fraction of sp³-hybridized carbons (Fsp3) is 0.150. The van der Waals surface area contributed by atoms with Crippen LogP contribution in [0.25, 0.3) is 6.08 Å². The number of amides is 2. The Morgan fingerprint density at radius 2 is 1.77 bits per heavy atom. The van der Waals surface area contributed by atoms with Gasteiger partial charge in [-0.15, -0.1) is 0 Å². The summed E-state index contributed by atoms with van der Waals surface area (Å²) >= 11 is 0. The van der Waals surface area contributed by atoms with E-state index in [1.165, 1.54) is 6.21 Å². The lowest BCUT2D eigenvalue weighted by atomic mass is 10.2. The Morgan fingerprint density at radius 1 is 1.04 bits per heavy atom. The first-order valence-electron chi connectivity index (χ1n) is 8.14. The molecule has 0 aliphatic heterocycles. The van der Waals surface area contributed by atoms with Gasteiger partial charge in [-0.25, -0.2) is 5.43 Å². The highest BCUT2D eigenvalue weighted by atomic mass is 16.5. The third-order valence-electron chi connectivity index (χ3n) is 3.34. The lowest BCUT2D eigenvalue weighted by Gasteiger charge is -2.08. The molecule has 0 aliphatic carbocycles. The van der Waals surface area contributed by atoms with Crippen LogP contribution in [0.3, 0.4) is 0 Å². The van der Waals surface area contributed by atoms with E-state index in [1.54, 1.807) is 12.1 Å². The van der Waals surface area contributed by atoms with E-state index in [0.29, 0.717) is 5.75 Å². The number of nitrogens with zero attached hydrogens (tertiary/aromatic N) is 1. The van der Waals surface area contributed by atoms with E-state index in [9.17, 15) is 9.59 Å². The van der Waals surface area contributed by atoms with Gasteiger partial charge < -0.3 is 10.1 Å². The van der Waals surface area contributed by atoms with Crippen LogP contribution >= 0.6 is 0 Å². The Kier molecular flexibility index (Phi) is 7.61. The van der Waals surface area contributed by atoms with Crippen molar-refractivity contribution in [2.75, 3.05) is 13.2 Å². The summed E-state index contributed by atoms with van der Waals surface area (Å²) in [6.07, 6.45) is 5.04. The lowest BCUT2D eigenvalue weighted by Crippen LogP contribution is -2.37. The molecule has 0 saturated heterocycles. The van der Waals surface area contributed by atoms with Crippen LogP contribution in [0.15, 0.2) is 65.8 Å². The lowest BCUT2D eigenvalue weighted by molar-refractivity contribution is -0.127. The van der Waals surface area contributed by atoms with Gasteiger partial charge in [-0.1, -0.05) is 54.6 Å². The Balaban J connectivity index is 1.63. The van der Waals surface area contributed by atoms with Crippen molar-refractivity contribution in [1.29, 1.82) is 0 Å². The molecule has 6 nitrogen and oxygen atoms in total. The van der Waals surface area contributed by atoms with Crippen molar-refractivity contribution in [2.24, 2.45) is 5.10 Å². The van der Waals surface area contributed by atoms with Crippen LogP contribution < -0.4 is 15.5 Å². The van der Waals surface area contributed by atoms with Crippen LogP contribution in [0.2, 0.25) is 0 Å². The fourth-order valence-corrected chi connectivity index (χ4v) is 2.00. The number of carbonyl (C=O) groups is 2. The second kappa shape index (κ2) is 10.5. The van der Waals surface area contributed by atoms with Gasteiger partial charge in [0.25, 0.3) is 11.8 Å². The second-order valence-corrected chi connectivity index (χ2v) is 5.41. The molecule has 134 valence electrons. The molecule has 0 saturated carbocycles. The smallest absolute Gasteiger partial charge is 0.259 e. The number of ether oxygens (including phenoxy) is 1. The van der Waals surface area contributed by atoms with Gasteiger partial charge >= 0.3 is 0 Å². The average molecular weight is 351 g/mol. The SMILES string of the molecule is Cc1ccccc1OCC(=O)NCC(=O)N/N=C\C=C\c1ccccc1. The first-order chi connectivity index (χ1) is 12.6. The van der Waals surface area contributed by atoms with E-state index >= 15 is 0 Å². The number of hydrazone groups is 1. The number of hydrogen-bond donors (Lipinski definition) is 2. The largest absolute Gasteiger partial charge is 0.484 e. The maximum Gasteiger partial charge on any atom is 0.259 e. The van der Waals surface area contributed by atoms with E-state index < -0.39 is 5.91 Å². The number of para-hydroxylation sites is 1. The molecule has 0 radical (unpaired) electrons. The molecule has 2 amide bonds. The summed E-state index contributed by atoms with van der Waals surface area (Å²) in [4.78, 5) is 23.3. The number of nitrogens with one attached hydrogen (secondary N) is 2. The first kappa shape index (κ1) is 18.9. The number of rotatable bonds is 8. The van der Waals surface area contributed by atoms with Crippen molar-refractivity contribution in [3.05, 3.63) is 71.8 Å². The van der Waals surface area contributed by atoms with Gasteiger partial charge in [0.05, 0.1) is 6.54 Å². The zero-order chi connectivity index (χ0) is 18.6. The molecule has 0 bridgehead atoms. The normalized spacial score (nSPS) is 10.8. The molecule has 0 unspecified atom stereocenters. The van der Waals surface area contributed by atoms with Crippen molar-refractivity contribution in [2.45, 2.75) is 6.92 Å². The van der Waals surface area contributed by atoms with Crippen molar-refractivity contribution < 1.29 is 14.3 Å². The molecule has 0 aromatic heterocycles. The van der Waals surface area contributed by atoms with E-state index in [0.717, 1.165) is 11.1 Å². The Bertz CT molecular complexity index is 786. The summed E-state index contributed by atoms with van der Waals surface area (Å²) < 4.78 is 5.40. The van der Waals surface area contributed by atoms with Gasteiger partial charge in [-0.05, 0) is 30.2 Å². The van der Waals surface area contributed by atoms with Crippen molar-refractivity contribution in [3.8, 4) is 5.75 Å². The molecular weight excluding hydrogens is 330 g/mol. The predicted octanol–water partition coefficient (Wildman–Crippen LogP) is 2.31. The zero-order valence-corrected chi connectivity index (χ0v) is 14.5. The molecule has 0 fully saturated rings. The number of carbonyl (C=O) groups excluding carboxylic acids is 2. The Labute approximate surface area is 152 Å². The minimum atomic E-state index is -0.418. The van der Waals surface area contributed by atoms with Crippen LogP contribution in [0.5, 0.6) is 5.75 Å². The Hall–Kier alpha value is -3.41. The molecule has 0 spiro atoms. The predicted molar refractivity (Wildman–Crippen MR) is 102 cm³/mol. The van der Waals surface area contributed by atoms with E-state index in [4.69, 9.17) is 4.74 Å². The number of allylic oxidation sites excluding steroid dienone is 1. The van der Waals surface area contributed by atoms with E-state index in [1.807, 2.05) is 61.5 Å². The molecule has 2 aromatic rings. The van der Waals surface area contributed by atoms with Crippen LogP contribution in [-0.2, 0) is 9.59 Å². The van der Waals surface area contributed by atoms with Crippen LogP contribution in [-0.4, -0.2) is 31.2 Å². The van der Waals surface area contributed by atoms with Gasteiger partial charge in [0.1, 0.15) is 5.75 Å². The zero-order valence-electron chi connectivity index (χ0n) is 14.5. The van der Waals surface area contributed by atoms with Crippen LogP contribution in [0.4, 0.5) is 0 Å². The molecule has 2 N–H and O–H groups in total. The minimum absolute atomic E-state index is 0.152. The summed E-state index contributed by atoms with van der Waals surface area (Å²) in [7, 11) is 0. The van der Waals surface area contributed by atoms with Crippen molar-refractivity contribution >= 4 is 24.1 Å². The molecule has 26 heavy (non-hydrogen) atoms. The highest BCUT2D eigenvalue weighted by Crippen LogP contribution is 2.15. The molecule has 2 aromatic carbocycles. The van der Waals surface area contributed by atoms with Gasteiger partial charge in [-0.3, -0.25) is 9.59 Å². The second-order valence-electron chi connectivity index (χ2n) is 5.41. The van der Waals surface area contributed by atoms with Gasteiger partial charge in [-0.2, -0.15) is 5.10 Å². The first-order valence-corrected chi connectivity index (χ1v) is 8.14. The monoisotopic (exact) mass is 351 g/mol. The molecule has 2 rings (SSSR count). The number of hydrogen-bond acceptors (Lipinski definition) is 4. The van der Waals surface area contributed by atoms with Crippen molar-refractivity contribution in [3.63, 3.8) is 0 Å². The van der Waals surface area contributed by atoms with Gasteiger partial charge in [0, 0.05) is 6.21 Å². The quantitative estimate of drug-likeness (QED) is 0.566. The molecule has 0 atom stereocenters. The summed E-state index contributed by atoms with van der Waals surface area (Å²) in [5.74, 6) is -0.156. The standard InChI is InChI=1S/C20H21N3O3/c1-16-8-5-6-12-18(16)26-15-20(25)21-14-19(24)23-22-13-7-11-17-9-3-2-4-10-17/h2-13H,14-15H2,1H3,(H,21,25)(H,23,24)/b11-7+,22-13-. The van der Waals surface area contributed by atoms with Crippen molar-refractivity contribution in [1.82, 2.24) is 10.7 Å². The number of benzene rings is 2. The summed E-state index contributed by atoms with van der Waals surface area (Å²) in [6, 6.07) is 17.1. The van der Waals surface area contributed by atoms with Gasteiger partial charge in [0.15, 0.2) is 6.61 Å². The average Bonchev–Trinajstić information content (AvgIpc) is 2.66. The maximum atomic E-state index is 11.7. The summed E-state index contributed by atoms with van der Waals surface area (Å²) in [5, 5.41) is 6.25. The molecule has 0 aliphatic rings. The molecular formula is C20H21N3O3. The molecule has 6 heteroatoms. The summed E-state index contributed by atoms with van der Waals surface area (Å²) in [5.41, 5.74) is 4.31. The number of aryl methyl sites for hydroxylation is 1. The van der Waals surface area contributed by atoms with Crippen LogP contribution in [0.1, 0.15) is 11.1 Å². The maximum absolute atomic E-state index is 11.7. The third kappa shape index (κ3) is 7.00. The highest BCUT2D eigenvalue weighted by Gasteiger charge is 2.06. The highest BCUT2D eigenvalue weighted by molar-refractivity contribution is 5.86. The van der Waals surface area contributed by atoms with E-state index in [2.05, 4.69) is 15.8 Å². The fourth-order valence-electron chi connectivity index (χ4n) is 2.00. The van der Waals surface area contributed by atoms with Gasteiger partial charge in [0.2, 0.25) is 0 Å². The topological polar surface area (TPSA) is 79.8 Å².